The van der Waals surface area contributed by atoms with E-state index >= 15 is 0 Å². The molecular weight excluding hydrogens is 472 g/mol. The number of furan rings is 1. The SMILES string of the molecule is C[I-]C(C)(C(=O)O/C(C)=C1\Cc2ccc1o2)C1N[I-]1. The summed E-state index contributed by atoms with van der Waals surface area (Å²) in [7, 11) is 0. The van der Waals surface area contributed by atoms with Crippen molar-refractivity contribution >= 4 is 11.5 Å². The van der Waals surface area contributed by atoms with Crippen LogP contribution >= 0.6 is 0 Å². The summed E-state index contributed by atoms with van der Waals surface area (Å²) in [5.74, 6) is 2.41. The number of alkyl halides is 3. The predicted octanol–water partition coefficient (Wildman–Crippen LogP) is -4.48. The van der Waals surface area contributed by atoms with E-state index in [1.807, 2.05) is 26.0 Å². The van der Waals surface area contributed by atoms with Gasteiger partial charge in [0.2, 0.25) is 0 Å². The molecule has 1 fully saturated rings. The Bertz CT molecular complexity index is 562. The van der Waals surface area contributed by atoms with Crippen molar-refractivity contribution in [3.05, 3.63) is 29.4 Å². The number of halogens is 2. The minimum absolute atomic E-state index is 0.0177. The first-order valence-electron chi connectivity index (χ1n) is 5.94. The van der Waals surface area contributed by atoms with Gasteiger partial charge in [-0.25, -0.2) is 0 Å². The van der Waals surface area contributed by atoms with Crippen LogP contribution in [0.25, 0.3) is 5.57 Å². The molecule has 0 amide bonds. The van der Waals surface area contributed by atoms with E-state index in [1.165, 1.54) is 0 Å². The first-order chi connectivity index (χ1) is 9.04. The Balaban J connectivity index is 1.76. The quantitative estimate of drug-likeness (QED) is 0.0887. The molecule has 0 radical (unpaired) electrons. The van der Waals surface area contributed by atoms with Gasteiger partial charge in [-0.05, 0) is 0 Å². The molecule has 2 bridgehead atoms. The van der Waals surface area contributed by atoms with Gasteiger partial charge in [0, 0.05) is 0 Å². The Kier molecular flexibility index (Phi) is 3.67. The third-order valence-electron chi connectivity index (χ3n) is 3.47. The average Bonchev–Trinajstić information content (AvgIpc) is 3.06. The van der Waals surface area contributed by atoms with Crippen LogP contribution in [0.3, 0.4) is 0 Å². The molecule has 0 aromatic carbocycles. The molecule has 0 spiro atoms. The summed E-state index contributed by atoms with van der Waals surface area (Å²) < 4.78 is 14.7. The van der Waals surface area contributed by atoms with Crippen molar-refractivity contribution in [2.75, 3.05) is 4.93 Å². The van der Waals surface area contributed by atoms with Crippen molar-refractivity contribution in [3.8, 4) is 0 Å². The molecule has 1 aromatic rings. The number of nitrogens with one attached hydrogen (secondary N) is 1. The molecule has 3 rings (SSSR count). The summed E-state index contributed by atoms with van der Waals surface area (Å²) in [5, 5.41) is 0. The Morgan fingerprint density at radius 2 is 2.37 bits per heavy atom. The molecule has 3 heterocycles. The summed E-state index contributed by atoms with van der Waals surface area (Å²) in [6.07, 6.45) is 0.747. The molecule has 106 valence electrons. The van der Waals surface area contributed by atoms with Gasteiger partial charge in [-0.2, -0.15) is 0 Å². The van der Waals surface area contributed by atoms with Crippen molar-refractivity contribution in [3.63, 3.8) is 0 Å². The van der Waals surface area contributed by atoms with Crippen molar-refractivity contribution in [1.29, 1.82) is 0 Å². The molecule has 2 atom stereocenters. The number of ether oxygens (including phenoxy) is 1. The molecule has 1 saturated heterocycles. The molecule has 2 aliphatic rings. The van der Waals surface area contributed by atoms with Crippen LogP contribution in [-0.4, -0.2) is 18.4 Å². The third kappa shape index (κ3) is 2.46. The topological polar surface area (TPSA) is 61.4 Å². The zero-order chi connectivity index (χ0) is 13.6. The molecule has 2 unspecified atom stereocenters. The summed E-state index contributed by atoms with van der Waals surface area (Å²) in [6, 6.07) is 3.90. The molecule has 1 N–H and O–H groups in total. The maximum atomic E-state index is 12.4. The fourth-order valence-corrected chi connectivity index (χ4v) is 7.87. The van der Waals surface area contributed by atoms with E-state index in [9.17, 15) is 4.79 Å². The standard InChI is InChI=1S/C13H15I2NO3/c1-7(9-6-8-4-5-10(9)19-8)18-12(17)13(2,14-3)11-15-16-11/h4-5,11,16H,6H2,1-3H3/q-2/b9-7+. The first-order valence-corrected chi connectivity index (χ1v) is 11.5. The second-order valence-electron chi connectivity index (χ2n) is 4.71. The predicted molar refractivity (Wildman–Crippen MR) is 62.4 cm³/mol. The molecule has 6 heteroatoms. The Labute approximate surface area is 133 Å². The van der Waals surface area contributed by atoms with Crippen LogP contribution in [0.4, 0.5) is 0 Å². The van der Waals surface area contributed by atoms with Crippen molar-refractivity contribution in [2.24, 2.45) is 0 Å². The van der Waals surface area contributed by atoms with Crippen LogP contribution in [0.1, 0.15) is 25.4 Å². The van der Waals surface area contributed by atoms with E-state index in [4.69, 9.17) is 9.15 Å². The van der Waals surface area contributed by atoms with Crippen LogP contribution in [0.15, 0.2) is 22.3 Å². The van der Waals surface area contributed by atoms with Crippen LogP contribution in [-0.2, 0) is 16.0 Å². The Morgan fingerprint density at radius 1 is 1.63 bits per heavy atom. The summed E-state index contributed by atoms with van der Waals surface area (Å²) in [5.41, 5.74) is 1.01. The average molecular weight is 487 g/mol. The zero-order valence-electron chi connectivity index (χ0n) is 10.9. The number of hydrogen-bond donors (Lipinski definition) is 1. The summed E-state index contributed by atoms with van der Waals surface area (Å²) in [6.45, 7) is 3.91. The van der Waals surface area contributed by atoms with Crippen LogP contribution in [0.5, 0.6) is 0 Å². The van der Waals surface area contributed by atoms with E-state index in [2.05, 4.69) is 8.46 Å². The van der Waals surface area contributed by atoms with Crippen LogP contribution in [0.2, 0.25) is 0 Å². The second kappa shape index (κ2) is 5.03. The van der Waals surface area contributed by atoms with E-state index < -0.39 is 0 Å². The normalized spacial score (nSPS) is 26.6. The van der Waals surface area contributed by atoms with Gasteiger partial charge in [0.1, 0.15) is 0 Å². The Hall–Kier alpha value is -0.0900. The molecule has 4 nitrogen and oxygen atoms in total. The number of allylic oxidation sites excluding steroid dienone is 2. The summed E-state index contributed by atoms with van der Waals surface area (Å²) in [4.78, 5) is 14.6. The number of hydrogen-bond acceptors (Lipinski definition) is 4. The van der Waals surface area contributed by atoms with Gasteiger partial charge < -0.3 is 0 Å². The van der Waals surface area contributed by atoms with Gasteiger partial charge in [0.05, 0.1) is 0 Å². The fraction of sp³-hybridized carbons (Fsp3) is 0.462. The van der Waals surface area contributed by atoms with E-state index in [0.29, 0.717) is 9.81 Å². The van der Waals surface area contributed by atoms with E-state index in [0.717, 1.165) is 23.5 Å². The van der Waals surface area contributed by atoms with Crippen molar-refractivity contribution < 1.29 is 56.6 Å². The van der Waals surface area contributed by atoms with Crippen molar-refractivity contribution in [2.45, 2.75) is 27.7 Å². The molecule has 2 aliphatic heterocycles. The van der Waals surface area contributed by atoms with Gasteiger partial charge in [-0.1, -0.05) is 0 Å². The summed E-state index contributed by atoms with van der Waals surface area (Å²) >= 11 is -0.183. The zero-order valence-corrected chi connectivity index (χ0v) is 15.2. The molecular formula is C13H15I2NO3-2. The van der Waals surface area contributed by atoms with Gasteiger partial charge in [-0.3, -0.25) is 0 Å². The molecule has 19 heavy (non-hydrogen) atoms. The number of carbonyl (C=O) groups is 1. The Morgan fingerprint density at radius 3 is 2.84 bits per heavy atom. The minimum atomic E-state index is -0.278. The number of esters is 1. The molecule has 0 saturated carbocycles. The first kappa shape index (κ1) is 13.9. The fourth-order valence-electron chi connectivity index (χ4n) is 2.01. The number of rotatable bonds is 4. The van der Waals surface area contributed by atoms with Crippen LogP contribution < -0.4 is 46.2 Å². The van der Waals surface area contributed by atoms with E-state index in [-0.39, 0.29) is 52.1 Å². The molecule has 1 aromatic heterocycles. The number of fused-ring (bicyclic) bond motifs is 2. The monoisotopic (exact) mass is 487 g/mol. The van der Waals surface area contributed by atoms with Gasteiger partial charge >= 0.3 is 134 Å². The second-order valence-corrected chi connectivity index (χ2v) is 10.5. The third-order valence-corrected chi connectivity index (χ3v) is 10.5. The van der Waals surface area contributed by atoms with Crippen molar-refractivity contribution in [1.82, 2.24) is 3.53 Å². The van der Waals surface area contributed by atoms with Gasteiger partial charge in [0.15, 0.2) is 0 Å². The number of carbonyl (C=O) groups excluding carboxylic acids is 1. The molecule has 0 aliphatic carbocycles. The maximum absolute atomic E-state index is 12.4. The van der Waals surface area contributed by atoms with Gasteiger partial charge in [-0.15, -0.1) is 0 Å². The van der Waals surface area contributed by atoms with Crippen LogP contribution in [0, 0.1) is 0 Å². The van der Waals surface area contributed by atoms with E-state index in [1.54, 1.807) is 0 Å². The van der Waals surface area contributed by atoms with Gasteiger partial charge in [0.25, 0.3) is 0 Å².